The molecule has 2 aromatic heterocycles. The van der Waals surface area contributed by atoms with Gasteiger partial charge in [-0.2, -0.15) is 0 Å². The highest BCUT2D eigenvalue weighted by Crippen LogP contribution is 2.21. The Hall–Kier alpha value is -1.59. The lowest BCUT2D eigenvalue weighted by atomic mass is 10.3. The lowest BCUT2D eigenvalue weighted by Crippen LogP contribution is -2.28. The number of aromatic nitrogens is 2. The summed E-state index contributed by atoms with van der Waals surface area (Å²) in [5.74, 6) is 0.962. The molecule has 5 heteroatoms. The average Bonchev–Trinajstić information content (AvgIpc) is 2.81. The van der Waals surface area contributed by atoms with Gasteiger partial charge in [-0.1, -0.05) is 13.0 Å². The number of fused-ring (bicyclic) bond motifs is 1. The van der Waals surface area contributed by atoms with Crippen molar-refractivity contribution >= 4 is 11.5 Å². The summed E-state index contributed by atoms with van der Waals surface area (Å²) in [5, 5.41) is 12.5. The molecule has 0 bridgehead atoms. The summed E-state index contributed by atoms with van der Waals surface area (Å²) in [6, 6.07) is 6.01. The molecule has 0 saturated heterocycles. The van der Waals surface area contributed by atoms with Crippen LogP contribution in [0.2, 0.25) is 0 Å². The molecule has 0 spiro atoms. The van der Waals surface area contributed by atoms with E-state index in [0.29, 0.717) is 6.54 Å². The number of hydrogen-bond acceptors (Lipinski definition) is 4. The van der Waals surface area contributed by atoms with Crippen molar-refractivity contribution in [3.05, 3.63) is 30.1 Å². The molecule has 0 amide bonds. The fourth-order valence-electron chi connectivity index (χ4n) is 2.23. The van der Waals surface area contributed by atoms with E-state index >= 15 is 0 Å². The molecule has 104 valence electrons. The van der Waals surface area contributed by atoms with Crippen LogP contribution in [0, 0.1) is 0 Å². The SMILES string of the molecule is CCNCc1c(N(CC)CCO)nc2ccccn12. The van der Waals surface area contributed by atoms with Crippen LogP contribution in [0.4, 0.5) is 5.82 Å². The molecule has 19 heavy (non-hydrogen) atoms. The fourth-order valence-corrected chi connectivity index (χ4v) is 2.23. The Balaban J connectivity index is 2.44. The highest BCUT2D eigenvalue weighted by molar-refractivity contribution is 5.56. The van der Waals surface area contributed by atoms with Crippen LogP contribution in [-0.4, -0.2) is 40.7 Å². The molecule has 0 aliphatic carbocycles. The minimum Gasteiger partial charge on any atom is -0.395 e. The summed E-state index contributed by atoms with van der Waals surface area (Å²) >= 11 is 0. The molecule has 2 aromatic rings. The van der Waals surface area contributed by atoms with Gasteiger partial charge in [-0.15, -0.1) is 0 Å². The van der Waals surface area contributed by atoms with Crippen LogP contribution in [0.25, 0.3) is 5.65 Å². The summed E-state index contributed by atoms with van der Waals surface area (Å²) in [7, 11) is 0. The van der Waals surface area contributed by atoms with Crippen molar-refractivity contribution in [3.8, 4) is 0 Å². The smallest absolute Gasteiger partial charge is 0.152 e. The van der Waals surface area contributed by atoms with Gasteiger partial charge in [0.15, 0.2) is 5.82 Å². The highest BCUT2D eigenvalue weighted by atomic mass is 16.3. The van der Waals surface area contributed by atoms with Crippen molar-refractivity contribution in [3.63, 3.8) is 0 Å². The third-order valence-corrected chi connectivity index (χ3v) is 3.20. The van der Waals surface area contributed by atoms with Crippen LogP contribution >= 0.6 is 0 Å². The number of anilines is 1. The van der Waals surface area contributed by atoms with Crippen LogP contribution < -0.4 is 10.2 Å². The van der Waals surface area contributed by atoms with Crippen LogP contribution in [0.5, 0.6) is 0 Å². The van der Waals surface area contributed by atoms with Gasteiger partial charge in [-0.25, -0.2) is 4.98 Å². The molecule has 0 aromatic carbocycles. The maximum Gasteiger partial charge on any atom is 0.152 e. The molecule has 5 nitrogen and oxygen atoms in total. The van der Waals surface area contributed by atoms with Crippen molar-refractivity contribution in [2.24, 2.45) is 0 Å². The van der Waals surface area contributed by atoms with E-state index in [2.05, 4.69) is 28.5 Å². The molecular weight excluding hydrogens is 240 g/mol. The largest absolute Gasteiger partial charge is 0.395 e. The molecule has 2 rings (SSSR count). The summed E-state index contributed by atoms with van der Waals surface area (Å²) in [6.45, 7) is 7.46. The van der Waals surface area contributed by atoms with Crippen LogP contribution in [-0.2, 0) is 6.54 Å². The lowest BCUT2D eigenvalue weighted by Gasteiger charge is -2.21. The van der Waals surface area contributed by atoms with Gasteiger partial charge in [0.25, 0.3) is 0 Å². The normalized spacial score (nSPS) is 11.1. The number of pyridine rings is 1. The maximum absolute atomic E-state index is 9.18. The van der Waals surface area contributed by atoms with E-state index in [1.165, 1.54) is 0 Å². The molecule has 0 fully saturated rings. The molecular formula is C14H22N4O. The lowest BCUT2D eigenvalue weighted by molar-refractivity contribution is 0.302. The number of rotatable bonds is 7. The minimum atomic E-state index is 0.141. The van der Waals surface area contributed by atoms with Crippen molar-refractivity contribution < 1.29 is 5.11 Å². The monoisotopic (exact) mass is 262 g/mol. The predicted octanol–water partition coefficient (Wildman–Crippen LogP) is 1.26. The number of nitrogens with one attached hydrogen (secondary N) is 1. The first-order valence-corrected chi connectivity index (χ1v) is 6.84. The third-order valence-electron chi connectivity index (χ3n) is 3.20. The minimum absolute atomic E-state index is 0.141. The average molecular weight is 262 g/mol. The molecule has 0 aliphatic heterocycles. The first-order valence-electron chi connectivity index (χ1n) is 6.84. The number of hydrogen-bond donors (Lipinski definition) is 2. The Morgan fingerprint density at radius 2 is 2.21 bits per heavy atom. The summed E-state index contributed by atoms with van der Waals surface area (Å²) < 4.78 is 2.11. The standard InChI is InChI=1S/C14H22N4O/c1-3-15-11-12-14(17(4-2)9-10-19)16-13-7-5-6-8-18(12)13/h5-8,15,19H,3-4,9-11H2,1-2H3. The second-order valence-corrected chi connectivity index (χ2v) is 4.39. The van der Waals surface area contributed by atoms with Gasteiger partial charge in [0.05, 0.1) is 12.3 Å². The van der Waals surface area contributed by atoms with E-state index < -0.39 is 0 Å². The first-order chi connectivity index (χ1) is 9.31. The summed E-state index contributed by atoms with van der Waals surface area (Å²) in [6.07, 6.45) is 2.03. The van der Waals surface area contributed by atoms with Gasteiger partial charge in [-0.05, 0) is 25.6 Å². The maximum atomic E-state index is 9.18. The second kappa shape index (κ2) is 6.54. The summed E-state index contributed by atoms with van der Waals surface area (Å²) in [5.41, 5.74) is 2.09. The van der Waals surface area contributed by atoms with Gasteiger partial charge in [0.2, 0.25) is 0 Å². The molecule has 2 heterocycles. The number of imidazole rings is 1. The van der Waals surface area contributed by atoms with E-state index in [9.17, 15) is 5.11 Å². The van der Waals surface area contributed by atoms with Crippen molar-refractivity contribution in [2.45, 2.75) is 20.4 Å². The quantitative estimate of drug-likeness (QED) is 0.789. The predicted molar refractivity (Wildman–Crippen MR) is 77.5 cm³/mol. The number of nitrogens with zero attached hydrogens (tertiary/aromatic N) is 3. The van der Waals surface area contributed by atoms with Gasteiger partial charge in [0, 0.05) is 25.8 Å². The van der Waals surface area contributed by atoms with Crippen molar-refractivity contribution in [2.75, 3.05) is 31.1 Å². The Bertz CT molecular complexity index is 523. The number of aliphatic hydroxyl groups is 1. The Morgan fingerprint density at radius 3 is 2.89 bits per heavy atom. The van der Waals surface area contributed by atoms with Crippen LogP contribution in [0.15, 0.2) is 24.4 Å². The summed E-state index contributed by atoms with van der Waals surface area (Å²) in [4.78, 5) is 6.80. The van der Waals surface area contributed by atoms with E-state index in [1.54, 1.807) is 0 Å². The van der Waals surface area contributed by atoms with E-state index in [-0.39, 0.29) is 6.61 Å². The molecule has 0 aliphatic rings. The third kappa shape index (κ3) is 2.88. The van der Waals surface area contributed by atoms with Gasteiger partial charge in [0.1, 0.15) is 5.65 Å². The second-order valence-electron chi connectivity index (χ2n) is 4.39. The molecule has 2 N–H and O–H groups in total. The Labute approximate surface area is 113 Å². The molecule has 0 saturated carbocycles. The Morgan fingerprint density at radius 1 is 1.37 bits per heavy atom. The number of aliphatic hydroxyl groups excluding tert-OH is 1. The Kier molecular flexibility index (Phi) is 4.76. The van der Waals surface area contributed by atoms with Crippen LogP contribution in [0.3, 0.4) is 0 Å². The first kappa shape index (κ1) is 13.8. The zero-order chi connectivity index (χ0) is 13.7. The molecule has 0 radical (unpaired) electrons. The van der Waals surface area contributed by atoms with E-state index in [1.807, 2.05) is 24.4 Å². The van der Waals surface area contributed by atoms with Gasteiger partial charge >= 0.3 is 0 Å². The van der Waals surface area contributed by atoms with Crippen molar-refractivity contribution in [1.82, 2.24) is 14.7 Å². The van der Waals surface area contributed by atoms with E-state index in [0.717, 1.165) is 36.8 Å². The number of likely N-dealkylation sites (N-methyl/N-ethyl adjacent to an activating group) is 1. The zero-order valence-electron chi connectivity index (χ0n) is 11.6. The van der Waals surface area contributed by atoms with Gasteiger partial charge in [-0.3, -0.25) is 0 Å². The molecule has 0 atom stereocenters. The zero-order valence-corrected chi connectivity index (χ0v) is 11.6. The van der Waals surface area contributed by atoms with Crippen molar-refractivity contribution in [1.29, 1.82) is 0 Å². The van der Waals surface area contributed by atoms with E-state index in [4.69, 9.17) is 4.98 Å². The van der Waals surface area contributed by atoms with Gasteiger partial charge < -0.3 is 19.7 Å². The fraction of sp³-hybridized carbons (Fsp3) is 0.500. The van der Waals surface area contributed by atoms with Crippen LogP contribution in [0.1, 0.15) is 19.5 Å². The topological polar surface area (TPSA) is 52.8 Å². The highest BCUT2D eigenvalue weighted by Gasteiger charge is 2.16. The molecule has 0 unspecified atom stereocenters.